The molecule has 0 saturated carbocycles. The van der Waals surface area contributed by atoms with Gasteiger partial charge in [-0.2, -0.15) is 0 Å². The van der Waals surface area contributed by atoms with Crippen LogP contribution < -0.4 is 0 Å². The van der Waals surface area contributed by atoms with Crippen molar-refractivity contribution in [3.05, 3.63) is 108 Å². The summed E-state index contributed by atoms with van der Waals surface area (Å²) < 4.78 is 28.4. The van der Waals surface area contributed by atoms with Crippen molar-refractivity contribution in [1.29, 1.82) is 0 Å². The van der Waals surface area contributed by atoms with Gasteiger partial charge in [0, 0.05) is 5.56 Å². The molecule has 2 fully saturated rings. The molecule has 1 unspecified atom stereocenters. The van der Waals surface area contributed by atoms with E-state index >= 15 is 0 Å². The van der Waals surface area contributed by atoms with E-state index in [1.54, 1.807) is 54.6 Å². The van der Waals surface area contributed by atoms with Crippen LogP contribution in [-0.2, 0) is 23.7 Å². The molecule has 0 bridgehead atoms. The lowest BCUT2D eigenvalue weighted by atomic mass is 9.98. The fraction of sp³-hybridized carbons (Fsp3) is 0.259. The summed E-state index contributed by atoms with van der Waals surface area (Å²) in [4.78, 5) is 26.0. The number of benzene rings is 3. The highest BCUT2D eigenvalue weighted by atomic mass is 79.9. The average Bonchev–Trinajstić information content (AvgIpc) is 2.91. The largest absolute Gasteiger partial charge is 0.451 e. The first-order valence-corrected chi connectivity index (χ1v) is 12.0. The van der Waals surface area contributed by atoms with E-state index in [1.165, 1.54) is 0 Å². The first-order valence-electron chi connectivity index (χ1n) is 11.2. The van der Waals surface area contributed by atoms with Crippen LogP contribution in [0.15, 0.2) is 91.0 Å². The molecule has 7 nitrogen and oxygen atoms in total. The quantitative estimate of drug-likeness (QED) is 0.344. The first-order chi connectivity index (χ1) is 17.0. The minimum atomic E-state index is -1.52. The van der Waals surface area contributed by atoms with E-state index in [0.717, 1.165) is 5.56 Å². The number of hydrogen-bond donors (Lipinski definition) is 0. The number of alkyl halides is 1. The predicted molar refractivity (Wildman–Crippen MR) is 129 cm³/mol. The van der Waals surface area contributed by atoms with Crippen molar-refractivity contribution >= 4 is 27.9 Å². The van der Waals surface area contributed by atoms with Gasteiger partial charge in [0.15, 0.2) is 12.4 Å². The second kappa shape index (κ2) is 10.3. The first kappa shape index (κ1) is 23.7. The third-order valence-electron chi connectivity index (χ3n) is 5.90. The van der Waals surface area contributed by atoms with Crippen molar-refractivity contribution < 1.29 is 33.3 Å². The van der Waals surface area contributed by atoms with Crippen LogP contribution in [0.2, 0.25) is 0 Å². The highest BCUT2D eigenvalue weighted by molar-refractivity contribution is 9.10. The SMILES string of the molecule is O=C(O[C@H]1CO[C@@H]2COC(c3ccccc3)O[C@@H]2[C@]1(Br)OC(=O)c1ccccc1)c1ccccc1. The summed E-state index contributed by atoms with van der Waals surface area (Å²) in [5.41, 5.74) is 1.53. The van der Waals surface area contributed by atoms with Gasteiger partial charge in [-0.05, 0) is 40.2 Å². The maximum absolute atomic E-state index is 13.1. The molecule has 0 N–H and O–H groups in total. The molecule has 0 spiro atoms. The van der Waals surface area contributed by atoms with Gasteiger partial charge in [-0.1, -0.05) is 66.7 Å². The lowest BCUT2D eigenvalue weighted by Gasteiger charge is -2.49. The maximum atomic E-state index is 13.1. The molecule has 3 aromatic rings. The third kappa shape index (κ3) is 5.01. The van der Waals surface area contributed by atoms with E-state index in [0.29, 0.717) is 11.1 Å². The molecule has 0 aromatic heterocycles. The van der Waals surface area contributed by atoms with Gasteiger partial charge < -0.3 is 23.7 Å². The van der Waals surface area contributed by atoms with E-state index < -0.39 is 41.1 Å². The van der Waals surface area contributed by atoms with E-state index in [-0.39, 0.29) is 13.2 Å². The van der Waals surface area contributed by atoms with Crippen LogP contribution >= 0.6 is 15.9 Å². The Morgan fingerprint density at radius 3 is 1.97 bits per heavy atom. The third-order valence-corrected chi connectivity index (χ3v) is 7.02. The molecule has 0 amide bonds. The van der Waals surface area contributed by atoms with Gasteiger partial charge in [-0.3, -0.25) is 0 Å². The van der Waals surface area contributed by atoms with E-state index in [9.17, 15) is 9.59 Å². The van der Waals surface area contributed by atoms with Crippen molar-refractivity contribution in [3.63, 3.8) is 0 Å². The minimum Gasteiger partial charge on any atom is -0.451 e. The molecule has 0 aliphatic carbocycles. The Balaban J connectivity index is 1.45. The highest BCUT2D eigenvalue weighted by Gasteiger charge is 2.59. The summed E-state index contributed by atoms with van der Waals surface area (Å²) in [6.07, 6.45) is -3.07. The van der Waals surface area contributed by atoms with Gasteiger partial charge in [0.25, 0.3) is 0 Å². The fourth-order valence-corrected chi connectivity index (χ4v) is 4.86. The van der Waals surface area contributed by atoms with Crippen LogP contribution in [0.4, 0.5) is 0 Å². The smallest absolute Gasteiger partial charge is 0.339 e. The lowest BCUT2D eigenvalue weighted by Crippen LogP contribution is -2.66. The topological polar surface area (TPSA) is 80.3 Å². The van der Waals surface area contributed by atoms with Crippen molar-refractivity contribution in [2.24, 2.45) is 0 Å². The Bertz CT molecular complexity index is 1160. The maximum Gasteiger partial charge on any atom is 0.339 e. The van der Waals surface area contributed by atoms with Gasteiger partial charge in [0.2, 0.25) is 4.51 Å². The summed E-state index contributed by atoms with van der Waals surface area (Å²) >= 11 is 3.62. The van der Waals surface area contributed by atoms with E-state index in [1.807, 2.05) is 36.4 Å². The fourth-order valence-electron chi connectivity index (χ4n) is 4.09. The second-order valence-corrected chi connectivity index (χ2v) is 9.46. The normalized spacial score (nSPS) is 27.9. The van der Waals surface area contributed by atoms with Crippen LogP contribution in [-0.4, -0.2) is 48.0 Å². The van der Waals surface area contributed by atoms with Crippen LogP contribution in [0, 0.1) is 0 Å². The van der Waals surface area contributed by atoms with Crippen molar-refractivity contribution in [2.75, 3.05) is 13.2 Å². The Hall–Kier alpha value is -3.04. The molecule has 8 heteroatoms. The molecule has 2 aliphatic heterocycles. The highest BCUT2D eigenvalue weighted by Crippen LogP contribution is 2.44. The molecule has 5 rings (SSSR count). The van der Waals surface area contributed by atoms with Crippen molar-refractivity contribution in [1.82, 2.24) is 0 Å². The molecule has 2 aliphatic rings. The molecule has 3 aromatic carbocycles. The molecular formula is C27H23BrO7. The molecular weight excluding hydrogens is 516 g/mol. The van der Waals surface area contributed by atoms with Gasteiger partial charge >= 0.3 is 11.9 Å². The minimum absolute atomic E-state index is 0.0181. The van der Waals surface area contributed by atoms with Gasteiger partial charge in [-0.15, -0.1) is 0 Å². The number of esters is 2. The standard InChI is InChI=1S/C27H23BrO7/c28-27(35-25(30)19-12-6-2-7-13-19)22(33-24(29)18-10-4-1-5-11-18)17-31-21-16-32-26(34-23(21)27)20-14-8-3-9-15-20/h1-15,21-23,26H,16-17H2/t21-,22+,23+,26?,27-/m1/s1. The molecule has 180 valence electrons. The zero-order valence-electron chi connectivity index (χ0n) is 18.6. The monoisotopic (exact) mass is 538 g/mol. The average molecular weight is 539 g/mol. The Morgan fingerprint density at radius 1 is 0.771 bits per heavy atom. The number of rotatable bonds is 5. The molecule has 0 radical (unpaired) electrons. The van der Waals surface area contributed by atoms with E-state index in [4.69, 9.17) is 23.7 Å². The van der Waals surface area contributed by atoms with Crippen LogP contribution in [0.25, 0.3) is 0 Å². The lowest BCUT2D eigenvalue weighted by molar-refractivity contribution is -0.318. The Kier molecular flexibility index (Phi) is 6.97. The predicted octanol–water partition coefficient (Wildman–Crippen LogP) is 4.67. The number of fused-ring (bicyclic) bond motifs is 1. The van der Waals surface area contributed by atoms with Crippen molar-refractivity contribution in [3.8, 4) is 0 Å². The Morgan fingerprint density at radius 2 is 1.34 bits per heavy atom. The number of hydrogen-bond acceptors (Lipinski definition) is 7. The number of carbonyl (C=O) groups is 2. The number of ether oxygens (including phenoxy) is 5. The number of carbonyl (C=O) groups excluding carboxylic acids is 2. The van der Waals surface area contributed by atoms with Crippen LogP contribution in [0.3, 0.4) is 0 Å². The van der Waals surface area contributed by atoms with Gasteiger partial charge in [0.05, 0.1) is 24.3 Å². The molecule has 35 heavy (non-hydrogen) atoms. The van der Waals surface area contributed by atoms with E-state index in [2.05, 4.69) is 15.9 Å². The van der Waals surface area contributed by atoms with Crippen LogP contribution in [0.5, 0.6) is 0 Å². The zero-order chi connectivity index (χ0) is 24.3. The van der Waals surface area contributed by atoms with Gasteiger partial charge in [0.1, 0.15) is 12.2 Å². The summed E-state index contributed by atoms with van der Waals surface area (Å²) in [6, 6.07) is 26.6. The molecule has 5 atom stereocenters. The summed E-state index contributed by atoms with van der Waals surface area (Å²) in [6.45, 7) is 0.190. The molecule has 2 saturated heterocycles. The number of halogens is 1. The second-order valence-electron chi connectivity index (χ2n) is 8.22. The summed E-state index contributed by atoms with van der Waals surface area (Å²) in [7, 11) is 0. The van der Waals surface area contributed by atoms with Crippen molar-refractivity contribution in [2.45, 2.75) is 29.1 Å². The van der Waals surface area contributed by atoms with Crippen LogP contribution in [0.1, 0.15) is 32.6 Å². The zero-order valence-corrected chi connectivity index (χ0v) is 20.2. The summed E-state index contributed by atoms with van der Waals surface area (Å²) in [5.74, 6) is -1.15. The van der Waals surface area contributed by atoms with Gasteiger partial charge in [-0.25, -0.2) is 9.59 Å². The molecule has 2 heterocycles. The summed E-state index contributed by atoms with van der Waals surface area (Å²) in [5, 5.41) is 0. The Labute approximate surface area is 211 Å².